The number of ether oxygens (including phenoxy) is 1. The number of hydrogen-bond donors (Lipinski definition) is 0. The largest absolute Gasteiger partial charge is 0.444 e. The molecule has 7 heteroatoms. The highest BCUT2D eigenvalue weighted by atomic mass is 16.6. The number of benzene rings is 2. The number of likely N-dealkylation sites (N-methyl/N-ethyl adjacent to an activating group) is 1. The lowest BCUT2D eigenvalue weighted by Gasteiger charge is -2.25. The molecule has 0 spiro atoms. The van der Waals surface area contributed by atoms with E-state index in [4.69, 9.17) is 4.74 Å². The summed E-state index contributed by atoms with van der Waals surface area (Å²) in [6, 6.07) is 13.8. The van der Waals surface area contributed by atoms with Crippen LogP contribution in [-0.4, -0.2) is 34.8 Å². The Kier molecular flexibility index (Phi) is 6.43. The van der Waals surface area contributed by atoms with Crippen LogP contribution < -0.4 is 0 Å². The Bertz CT molecular complexity index is 770. The van der Waals surface area contributed by atoms with Crippen molar-refractivity contribution in [2.45, 2.75) is 20.0 Å². The van der Waals surface area contributed by atoms with Gasteiger partial charge < -0.3 is 9.64 Å². The van der Waals surface area contributed by atoms with Crippen LogP contribution in [0.5, 0.6) is 0 Å². The Morgan fingerprint density at radius 1 is 1.04 bits per heavy atom. The van der Waals surface area contributed by atoms with E-state index in [0.29, 0.717) is 18.7 Å². The molecule has 0 radical (unpaired) electrons. The summed E-state index contributed by atoms with van der Waals surface area (Å²) in [6.45, 7) is 4.69. The van der Waals surface area contributed by atoms with Gasteiger partial charge in [0, 0.05) is 30.8 Å². The van der Waals surface area contributed by atoms with Gasteiger partial charge in [0.1, 0.15) is 0 Å². The van der Waals surface area contributed by atoms with Gasteiger partial charge in [-0.3, -0.25) is 14.9 Å². The third-order valence-corrected chi connectivity index (χ3v) is 3.94. The van der Waals surface area contributed by atoms with E-state index in [-0.39, 0.29) is 17.2 Å². The lowest BCUT2D eigenvalue weighted by molar-refractivity contribution is -0.384. The second kappa shape index (κ2) is 8.75. The molecule has 0 fully saturated rings. The summed E-state index contributed by atoms with van der Waals surface area (Å²) >= 11 is 0. The second-order valence-corrected chi connectivity index (χ2v) is 5.51. The van der Waals surface area contributed by atoms with E-state index >= 15 is 0 Å². The number of hydrogen-bond acceptors (Lipinski definition) is 5. The normalized spacial score (nSPS) is 11.5. The number of carbonyl (C=O) groups is 2. The van der Waals surface area contributed by atoms with E-state index in [1.165, 1.54) is 24.3 Å². The first-order chi connectivity index (χ1) is 12.5. The average molecular weight is 356 g/mol. The van der Waals surface area contributed by atoms with E-state index in [1.807, 2.05) is 13.8 Å². The number of nitrogens with zero attached hydrogens (tertiary/aromatic N) is 2. The van der Waals surface area contributed by atoms with Crippen molar-refractivity contribution in [2.24, 2.45) is 0 Å². The highest BCUT2D eigenvalue weighted by molar-refractivity contribution is 5.93. The summed E-state index contributed by atoms with van der Waals surface area (Å²) in [4.78, 5) is 37.0. The van der Waals surface area contributed by atoms with Crippen LogP contribution >= 0.6 is 0 Å². The first-order valence-corrected chi connectivity index (χ1v) is 8.27. The molecule has 0 aliphatic heterocycles. The monoisotopic (exact) mass is 356 g/mol. The predicted octanol–water partition coefficient (Wildman–Crippen LogP) is 3.36. The molecular weight excluding hydrogens is 336 g/mol. The van der Waals surface area contributed by atoms with Gasteiger partial charge in [-0.2, -0.15) is 0 Å². The van der Waals surface area contributed by atoms with E-state index in [2.05, 4.69) is 0 Å². The van der Waals surface area contributed by atoms with Crippen molar-refractivity contribution in [2.75, 3.05) is 13.1 Å². The van der Waals surface area contributed by atoms with Gasteiger partial charge in [-0.15, -0.1) is 0 Å². The fraction of sp³-hybridized carbons (Fsp3) is 0.263. The molecule has 136 valence electrons. The van der Waals surface area contributed by atoms with Crippen LogP contribution in [0.2, 0.25) is 0 Å². The SMILES string of the molecule is CCN(CC)C(=O)[C@@H](OC(=O)c1ccc([N+](=O)[O-])cc1)c1ccccc1. The van der Waals surface area contributed by atoms with Crippen molar-refractivity contribution >= 4 is 17.6 Å². The van der Waals surface area contributed by atoms with Crippen molar-refractivity contribution in [1.29, 1.82) is 0 Å². The zero-order valence-electron chi connectivity index (χ0n) is 14.6. The maximum Gasteiger partial charge on any atom is 0.339 e. The Morgan fingerprint density at radius 3 is 2.12 bits per heavy atom. The molecule has 2 aromatic carbocycles. The fourth-order valence-corrected chi connectivity index (χ4v) is 2.48. The molecule has 0 aliphatic carbocycles. The zero-order valence-corrected chi connectivity index (χ0v) is 14.6. The van der Waals surface area contributed by atoms with Crippen LogP contribution in [0.4, 0.5) is 5.69 Å². The number of nitro groups is 1. The summed E-state index contributed by atoms with van der Waals surface area (Å²) in [5, 5.41) is 10.7. The molecule has 0 heterocycles. The molecule has 7 nitrogen and oxygen atoms in total. The Balaban J connectivity index is 2.27. The smallest absolute Gasteiger partial charge is 0.339 e. The van der Waals surface area contributed by atoms with Crippen molar-refractivity contribution < 1.29 is 19.2 Å². The third-order valence-electron chi connectivity index (χ3n) is 3.94. The minimum Gasteiger partial charge on any atom is -0.444 e. The zero-order chi connectivity index (χ0) is 19.1. The Hall–Kier alpha value is -3.22. The molecule has 2 rings (SSSR count). The van der Waals surface area contributed by atoms with Gasteiger partial charge >= 0.3 is 5.97 Å². The highest BCUT2D eigenvalue weighted by Gasteiger charge is 2.28. The average Bonchev–Trinajstić information content (AvgIpc) is 2.67. The highest BCUT2D eigenvalue weighted by Crippen LogP contribution is 2.22. The number of esters is 1. The molecule has 0 N–H and O–H groups in total. The summed E-state index contributed by atoms with van der Waals surface area (Å²) < 4.78 is 5.47. The molecule has 2 aromatic rings. The number of non-ortho nitro benzene ring substituents is 1. The van der Waals surface area contributed by atoms with Crippen molar-refractivity contribution in [3.8, 4) is 0 Å². The molecule has 0 aliphatic rings. The maximum atomic E-state index is 12.8. The van der Waals surface area contributed by atoms with Crippen LogP contribution in [0.15, 0.2) is 54.6 Å². The number of amides is 1. The second-order valence-electron chi connectivity index (χ2n) is 5.51. The Labute approximate surface area is 151 Å². The predicted molar refractivity (Wildman–Crippen MR) is 95.6 cm³/mol. The molecule has 1 amide bonds. The summed E-state index contributed by atoms with van der Waals surface area (Å²) in [6.07, 6.45) is -1.07. The van der Waals surface area contributed by atoms with Crippen LogP contribution in [0.1, 0.15) is 35.9 Å². The van der Waals surface area contributed by atoms with E-state index < -0.39 is 17.0 Å². The minimum atomic E-state index is -1.07. The topological polar surface area (TPSA) is 89.8 Å². The van der Waals surface area contributed by atoms with E-state index in [0.717, 1.165) is 0 Å². The fourth-order valence-electron chi connectivity index (χ4n) is 2.48. The molecular formula is C19H20N2O5. The van der Waals surface area contributed by atoms with Crippen molar-refractivity contribution in [3.05, 3.63) is 75.8 Å². The molecule has 0 saturated heterocycles. The first kappa shape index (κ1) is 19.1. The van der Waals surface area contributed by atoms with Gasteiger partial charge in [0.05, 0.1) is 10.5 Å². The number of nitro benzene ring substituents is 1. The molecule has 0 saturated carbocycles. The standard InChI is InChI=1S/C19H20N2O5/c1-3-20(4-2)18(22)17(14-8-6-5-7-9-14)26-19(23)15-10-12-16(13-11-15)21(24)25/h5-13,17H,3-4H2,1-2H3/t17-/m0/s1. The van der Waals surface area contributed by atoms with Gasteiger partial charge in [-0.05, 0) is 26.0 Å². The van der Waals surface area contributed by atoms with Gasteiger partial charge in [0.2, 0.25) is 6.10 Å². The summed E-state index contributed by atoms with van der Waals surface area (Å²) in [7, 11) is 0. The molecule has 0 bridgehead atoms. The van der Waals surface area contributed by atoms with Crippen molar-refractivity contribution in [3.63, 3.8) is 0 Å². The van der Waals surface area contributed by atoms with Gasteiger partial charge in [-0.1, -0.05) is 30.3 Å². The van der Waals surface area contributed by atoms with Gasteiger partial charge in [0.25, 0.3) is 11.6 Å². The summed E-state index contributed by atoms with van der Waals surface area (Å²) in [5.41, 5.74) is 0.587. The maximum absolute atomic E-state index is 12.8. The van der Waals surface area contributed by atoms with Crippen LogP contribution in [0, 0.1) is 10.1 Å². The van der Waals surface area contributed by atoms with E-state index in [9.17, 15) is 19.7 Å². The first-order valence-electron chi connectivity index (χ1n) is 8.27. The molecule has 0 unspecified atom stereocenters. The van der Waals surface area contributed by atoms with E-state index in [1.54, 1.807) is 35.2 Å². The van der Waals surface area contributed by atoms with Crippen LogP contribution in [0.3, 0.4) is 0 Å². The molecule has 1 atom stereocenters. The van der Waals surface area contributed by atoms with Crippen molar-refractivity contribution in [1.82, 2.24) is 4.90 Å². The molecule has 26 heavy (non-hydrogen) atoms. The third kappa shape index (κ3) is 4.44. The number of carbonyl (C=O) groups excluding carboxylic acids is 2. The Morgan fingerprint density at radius 2 is 1.62 bits per heavy atom. The quantitative estimate of drug-likeness (QED) is 0.431. The molecule has 0 aromatic heterocycles. The lowest BCUT2D eigenvalue weighted by atomic mass is 10.1. The van der Waals surface area contributed by atoms with Crippen LogP contribution in [0.25, 0.3) is 0 Å². The minimum absolute atomic E-state index is 0.125. The van der Waals surface area contributed by atoms with Gasteiger partial charge in [-0.25, -0.2) is 4.79 Å². The lowest BCUT2D eigenvalue weighted by Crippen LogP contribution is -2.36. The summed E-state index contributed by atoms with van der Waals surface area (Å²) in [5.74, 6) is -1.02. The van der Waals surface area contributed by atoms with Crippen LogP contribution in [-0.2, 0) is 9.53 Å². The van der Waals surface area contributed by atoms with Gasteiger partial charge in [0.15, 0.2) is 0 Å². The number of rotatable bonds is 7.